The second-order valence-corrected chi connectivity index (χ2v) is 7.48. The molecule has 0 aliphatic rings. The molecule has 2 heteroatoms. The van der Waals surface area contributed by atoms with E-state index in [1.807, 2.05) is 0 Å². The summed E-state index contributed by atoms with van der Waals surface area (Å²) in [7, 11) is 0. The smallest absolute Gasteiger partial charge is 0.00725 e. The summed E-state index contributed by atoms with van der Waals surface area (Å²) in [6.07, 6.45) is 16.5. The van der Waals surface area contributed by atoms with Crippen molar-refractivity contribution in [2.75, 3.05) is 0 Å². The highest BCUT2D eigenvalue weighted by Gasteiger charge is 2.24. The van der Waals surface area contributed by atoms with Crippen LogP contribution in [0.4, 0.5) is 0 Å². The van der Waals surface area contributed by atoms with Crippen molar-refractivity contribution >= 4 is 17.0 Å². The third-order valence-corrected chi connectivity index (χ3v) is 5.20. The minimum absolute atomic E-state index is 0. The maximum atomic E-state index is 2.86. The molecule has 23 heavy (non-hydrogen) atoms. The van der Waals surface area contributed by atoms with Gasteiger partial charge >= 0.3 is 0 Å². The van der Waals surface area contributed by atoms with E-state index in [2.05, 4.69) is 46.4 Å². The lowest BCUT2D eigenvalue weighted by Crippen LogP contribution is -2.46. The fraction of sp³-hybridized carbons (Fsp3) is 1.00. The van der Waals surface area contributed by atoms with Gasteiger partial charge in [-0.1, -0.05) is 78.6 Å². The Morgan fingerprint density at radius 2 is 0.783 bits per heavy atom. The van der Waals surface area contributed by atoms with Gasteiger partial charge in [-0.2, -0.15) is 0 Å². The highest BCUT2D eigenvalue weighted by atomic mass is 79.9. The van der Waals surface area contributed by atoms with Gasteiger partial charge in [0, 0.05) is 18.1 Å². The number of unbranched alkanes of at least 4 members (excludes halogenated alkanes) is 6. The first kappa shape index (κ1) is 25.7. The zero-order valence-electron chi connectivity index (χ0n) is 17.1. The van der Waals surface area contributed by atoms with Crippen molar-refractivity contribution in [1.82, 2.24) is 4.90 Å². The molecule has 0 saturated carbocycles. The number of nitrogens with zero attached hydrogens (tertiary/aromatic N) is 1. The van der Waals surface area contributed by atoms with E-state index < -0.39 is 0 Å². The first-order valence-corrected chi connectivity index (χ1v) is 10.4. The Morgan fingerprint density at radius 1 is 0.522 bits per heavy atom. The normalized spacial score (nSPS) is 15.3. The molecule has 0 bridgehead atoms. The van der Waals surface area contributed by atoms with E-state index in [-0.39, 0.29) is 17.0 Å². The summed E-state index contributed by atoms with van der Waals surface area (Å²) in [5.74, 6) is 0. The molecule has 0 aromatic heterocycles. The van der Waals surface area contributed by atoms with Crippen LogP contribution in [0.25, 0.3) is 0 Å². The maximum Gasteiger partial charge on any atom is 0.00725 e. The van der Waals surface area contributed by atoms with Crippen LogP contribution in [0, 0.1) is 0 Å². The van der Waals surface area contributed by atoms with E-state index in [9.17, 15) is 0 Å². The molecule has 3 atom stereocenters. The summed E-state index contributed by atoms with van der Waals surface area (Å²) in [6, 6.07) is 2.25. The van der Waals surface area contributed by atoms with E-state index in [0.717, 1.165) is 18.1 Å². The average Bonchev–Trinajstić information content (AvgIpc) is 2.48. The Kier molecular flexibility index (Phi) is 19.3. The van der Waals surface area contributed by atoms with Crippen LogP contribution in [-0.2, 0) is 0 Å². The molecular weight excluding hydrogens is 346 g/mol. The number of halogens is 1. The highest BCUT2D eigenvalue weighted by Crippen LogP contribution is 2.22. The van der Waals surface area contributed by atoms with Crippen molar-refractivity contribution in [2.24, 2.45) is 0 Å². The minimum Gasteiger partial charge on any atom is -0.295 e. The van der Waals surface area contributed by atoms with Gasteiger partial charge in [0.25, 0.3) is 0 Å². The molecule has 0 spiro atoms. The van der Waals surface area contributed by atoms with Crippen LogP contribution < -0.4 is 0 Å². The number of hydrogen-bond donors (Lipinski definition) is 0. The lowest BCUT2D eigenvalue weighted by molar-refractivity contribution is 0.0837. The van der Waals surface area contributed by atoms with Gasteiger partial charge in [-0.25, -0.2) is 0 Å². The Hall–Kier alpha value is 0.440. The zero-order chi connectivity index (χ0) is 16.8. The van der Waals surface area contributed by atoms with Gasteiger partial charge in [-0.15, -0.1) is 17.0 Å². The van der Waals surface area contributed by atoms with Crippen molar-refractivity contribution in [1.29, 1.82) is 0 Å². The fourth-order valence-corrected chi connectivity index (χ4v) is 3.82. The van der Waals surface area contributed by atoms with E-state index in [0.29, 0.717) is 0 Å². The van der Waals surface area contributed by atoms with Crippen LogP contribution in [0.2, 0.25) is 0 Å². The minimum atomic E-state index is 0. The van der Waals surface area contributed by atoms with Crippen molar-refractivity contribution < 1.29 is 0 Å². The van der Waals surface area contributed by atoms with Crippen molar-refractivity contribution in [3.05, 3.63) is 0 Å². The third-order valence-electron chi connectivity index (χ3n) is 5.20. The molecule has 0 saturated heterocycles. The van der Waals surface area contributed by atoms with Gasteiger partial charge in [-0.05, 0) is 40.0 Å². The second kappa shape index (κ2) is 17.3. The van der Waals surface area contributed by atoms with Crippen LogP contribution in [0.1, 0.15) is 119 Å². The van der Waals surface area contributed by atoms with Gasteiger partial charge in [0.05, 0.1) is 0 Å². The van der Waals surface area contributed by atoms with Crippen LogP contribution >= 0.6 is 17.0 Å². The summed E-state index contributed by atoms with van der Waals surface area (Å²) in [4.78, 5) is 2.86. The molecule has 0 aliphatic carbocycles. The maximum absolute atomic E-state index is 2.86. The largest absolute Gasteiger partial charge is 0.295 e. The zero-order valence-corrected chi connectivity index (χ0v) is 18.8. The summed E-state index contributed by atoms with van der Waals surface area (Å²) in [5.41, 5.74) is 0. The van der Waals surface area contributed by atoms with Crippen molar-refractivity contribution in [3.8, 4) is 0 Å². The lowest BCUT2D eigenvalue weighted by Gasteiger charge is -2.40. The molecule has 0 rings (SSSR count). The van der Waals surface area contributed by atoms with E-state index >= 15 is 0 Å². The quantitative estimate of drug-likeness (QED) is 0.257. The first-order chi connectivity index (χ1) is 10.6. The Bertz CT molecular complexity index is 194. The van der Waals surface area contributed by atoms with Crippen LogP contribution in [0.15, 0.2) is 0 Å². The molecule has 0 N–H and O–H groups in total. The predicted molar refractivity (Wildman–Crippen MR) is 113 cm³/mol. The van der Waals surface area contributed by atoms with E-state index in [4.69, 9.17) is 0 Å². The Morgan fingerprint density at radius 3 is 1.00 bits per heavy atom. The molecule has 0 aromatic rings. The number of rotatable bonds is 15. The van der Waals surface area contributed by atoms with Crippen molar-refractivity contribution in [3.63, 3.8) is 0 Å². The molecule has 3 unspecified atom stereocenters. The first-order valence-electron chi connectivity index (χ1n) is 10.4. The topological polar surface area (TPSA) is 3.24 Å². The molecule has 1 nitrogen and oxygen atoms in total. The predicted octanol–water partition coefficient (Wildman–Crippen LogP) is 7.77. The van der Waals surface area contributed by atoms with Crippen LogP contribution in [-0.4, -0.2) is 23.0 Å². The van der Waals surface area contributed by atoms with Gasteiger partial charge in [0.1, 0.15) is 0 Å². The van der Waals surface area contributed by atoms with Gasteiger partial charge in [0.2, 0.25) is 0 Å². The molecular formula is C21H46BrN. The summed E-state index contributed by atoms with van der Waals surface area (Å²) in [5, 5.41) is 0. The van der Waals surface area contributed by atoms with Gasteiger partial charge in [-0.3, -0.25) is 4.90 Å². The van der Waals surface area contributed by atoms with Crippen molar-refractivity contribution in [2.45, 2.75) is 137 Å². The summed E-state index contributed by atoms with van der Waals surface area (Å²) in [6.45, 7) is 14.3. The third kappa shape index (κ3) is 12.5. The van der Waals surface area contributed by atoms with Crippen LogP contribution in [0.5, 0.6) is 0 Å². The summed E-state index contributed by atoms with van der Waals surface area (Å²) >= 11 is 0. The van der Waals surface area contributed by atoms with Gasteiger partial charge < -0.3 is 0 Å². The standard InChI is InChI=1S/C21H45N.BrH/c1-7-10-13-16-19(4)22(20(5)17-14-11-8-2)21(6)18-15-12-9-3;/h19-21H,7-18H2,1-6H3;1H. The molecule has 142 valence electrons. The van der Waals surface area contributed by atoms with E-state index in [1.54, 1.807) is 0 Å². The van der Waals surface area contributed by atoms with E-state index in [1.165, 1.54) is 77.0 Å². The molecule has 0 amide bonds. The molecule has 0 aromatic carbocycles. The van der Waals surface area contributed by atoms with Crippen LogP contribution in [0.3, 0.4) is 0 Å². The SMILES string of the molecule is Br.CCCCCC(C)N(C(C)CCCCC)C(C)CCCCC. The summed E-state index contributed by atoms with van der Waals surface area (Å²) < 4.78 is 0. The fourth-order valence-electron chi connectivity index (χ4n) is 3.82. The highest BCUT2D eigenvalue weighted by molar-refractivity contribution is 8.93. The number of hydrogen-bond acceptors (Lipinski definition) is 1. The average molecular weight is 393 g/mol. The second-order valence-electron chi connectivity index (χ2n) is 7.48. The molecule has 0 heterocycles. The lowest BCUT2D eigenvalue weighted by atomic mass is 9.98. The monoisotopic (exact) mass is 391 g/mol. The van der Waals surface area contributed by atoms with Gasteiger partial charge in [0.15, 0.2) is 0 Å². The molecule has 0 aliphatic heterocycles. The molecule has 0 fully saturated rings. The Labute approximate surface area is 158 Å². The molecule has 0 radical (unpaired) electrons. The Balaban J connectivity index is 0.